The molecular weight excluding hydrogens is 536 g/mol. The number of rotatable bonds is 3. The Morgan fingerprint density at radius 3 is 1.82 bits per heavy atom. The van der Waals surface area contributed by atoms with E-state index in [1.165, 1.54) is 38.4 Å². The Morgan fingerprint density at radius 2 is 1.18 bits per heavy atom. The minimum absolute atomic E-state index is 0.107. The lowest BCUT2D eigenvalue weighted by molar-refractivity contribution is 0.645. The van der Waals surface area contributed by atoms with Crippen molar-refractivity contribution >= 4 is 32.7 Å². The molecule has 0 fully saturated rings. The fraction of sp³-hybridized carbons (Fsp3) is 0.0750. The van der Waals surface area contributed by atoms with Crippen molar-refractivity contribution in [1.82, 2.24) is 19.5 Å². The van der Waals surface area contributed by atoms with Gasteiger partial charge in [-0.25, -0.2) is 4.98 Å². The van der Waals surface area contributed by atoms with Gasteiger partial charge in [-0.2, -0.15) is 0 Å². The van der Waals surface area contributed by atoms with E-state index in [9.17, 15) is 0 Å². The number of hydrogen-bond acceptors (Lipinski definition) is 3. The van der Waals surface area contributed by atoms with Gasteiger partial charge in [-0.15, -0.1) is 0 Å². The third kappa shape index (κ3) is 3.54. The highest BCUT2D eigenvalue weighted by Gasteiger charge is 2.34. The maximum absolute atomic E-state index is 5.36. The van der Waals surface area contributed by atoms with Gasteiger partial charge in [0.25, 0.3) is 0 Å². The predicted octanol–water partition coefficient (Wildman–Crippen LogP) is 9.76. The summed E-state index contributed by atoms with van der Waals surface area (Å²) in [6.07, 6.45) is 7.48. The number of pyridine rings is 3. The van der Waals surface area contributed by atoms with E-state index in [2.05, 4.69) is 125 Å². The summed E-state index contributed by atoms with van der Waals surface area (Å²) in [5.41, 5.74) is 12.8. The molecule has 44 heavy (non-hydrogen) atoms. The van der Waals surface area contributed by atoms with Crippen LogP contribution in [0.2, 0.25) is 0 Å². The Bertz CT molecular complexity index is 2310. The van der Waals surface area contributed by atoms with Crippen molar-refractivity contribution in [3.8, 4) is 39.2 Å². The first kappa shape index (κ1) is 24.9. The first-order valence-electron chi connectivity index (χ1n) is 15.0. The van der Waals surface area contributed by atoms with Crippen LogP contribution in [0.3, 0.4) is 0 Å². The molecule has 4 heteroatoms. The van der Waals surface area contributed by atoms with Crippen molar-refractivity contribution in [1.29, 1.82) is 0 Å². The highest BCUT2D eigenvalue weighted by Crippen LogP contribution is 2.49. The van der Waals surface area contributed by atoms with Crippen molar-refractivity contribution in [3.05, 3.63) is 145 Å². The number of benzene rings is 4. The summed E-state index contributed by atoms with van der Waals surface area (Å²) in [7, 11) is 0. The first-order valence-corrected chi connectivity index (χ1v) is 15.0. The molecule has 0 bridgehead atoms. The molecule has 0 aliphatic heterocycles. The zero-order chi connectivity index (χ0) is 29.4. The maximum atomic E-state index is 5.36. The van der Waals surface area contributed by atoms with E-state index in [4.69, 9.17) is 4.98 Å². The fourth-order valence-corrected chi connectivity index (χ4v) is 7.23. The Morgan fingerprint density at radius 1 is 0.545 bits per heavy atom. The van der Waals surface area contributed by atoms with Gasteiger partial charge in [-0.05, 0) is 81.9 Å². The molecular formula is C40H28N4. The van der Waals surface area contributed by atoms with Gasteiger partial charge in [0.15, 0.2) is 0 Å². The van der Waals surface area contributed by atoms with Crippen LogP contribution in [0.15, 0.2) is 134 Å². The molecule has 0 unspecified atom stereocenters. The third-order valence-corrected chi connectivity index (χ3v) is 9.37. The van der Waals surface area contributed by atoms with Gasteiger partial charge >= 0.3 is 0 Å². The molecule has 0 N–H and O–H groups in total. The second-order valence-corrected chi connectivity index (χ2v) is 12.2. The van der Waals surface area contributed by atoms with Gasteiger partial charge in [0.2, 0.25) is 0 Å². The van der Waals surface area contributed by atoms with E-state index in [0.29, 0.717) is 0 Å². The highest BCUT2D eigenvalue weighted by atomic mass is 15.1. The molecule has 4 heterocycles. The summed E-state index contributed by atoms with van der Waals surface area (Å²) < 4.78 is 2.33. The molecule has 8 aromatic rings. The van der Waals surface area contributed by atoms with E-state index >= 15 is 0 Å². The lowest BCUT2D eigenvalue weighted by atomic mass is 9.69. The Labute approximate surface area is 255 Å². The number of hydrogen-bond donors (Lipinski definition) is 0. The molecule has 0 spiro atoms. The van der Waals surface area contributed by atoms with Crippen LogP contribution >= 0.6 is 0 Å². The summed E-state index contributed by atoms with van der Waals surface area (Å²) in [5.74, 6) is 0.919. The minimum Gasteiger partial charge on any atom is -0.294 e. The van der Waals surface area contributed by atoms with E-state index in [1.807, 2.05) is 36.9 Å². The van der Waals surface area contributed by atoms with Crippen LogP contribution in [0.25, 0.3) is 71.9 Å². The van der Waals surface area contributed by atoms with Crippen LogP contribution < -0.4 is 0 Å². The van der Waals surface area contributed by atoms with E-state index in [-0.39, 0.29) is 5.41 Å². The third-order valence-electron chi connectivity index (χ3n) is 9.37. The second-order valence-electron chi connectivity index (χ2n) is 12.2. The van der Waals surface area contributed by atoms with Gasteiger partial charge in [-0.3, -0.25) is 14.5 Å². The molecule has 0 saturated heterocycles. The standard InChI is InChI=1S/C40H28N4/c1-40(2)33-11-4-3-10-29(33)32-22-38(43-35-13-5-12-34(40)39(32)35)44-36-16-14-25(27-8-6-18-41-23-27)20-30(36)31-21-26(15-17-37(31)44)28-9-7-19-42-24-28/h3-24H,1-2H3. The zero-order valence-electron chi connectivity index (χ0n) is 24.5. The SMILES string of the molecule is CC1(C)c2ccccc2-c2cc(-n3c4ccc(-c5cccnc5)cc4c4cc(-c5cccnc5)ccc43)nc3cccc1c23. The molecule has 4 nitrogen and oxygen atoms in total. The van der Waals surface area contributed by atoms with Crippen LogP contribution in [0.4, 0.5) is 0 Å². The van der Waals surface area contributed by atoms with Gasteiger partial charge in [0, 0.05) is 57.5 Å². The monoisotopic (exact) mass is 564 g/mol. The Hall–Kier alpha value is -5.61. The van der Waals surface area contributed by atoms with E-state index < -0.39 is 0 Å². The van der Waals surface area contributed by atoms with E-state index in [1.54, 1.807) is 0 Å². The van der Waals surface area contributed by atoms with Gasteiger partial charge in [0.1, 0.15) is 5.82 Å². The van der Waals surface area contributed by atoms with Crippen LogP contribution in [0.5, 0.6) is 0 Å². The number of fused-ring (bicyclic) bond motifs is 5. The summed E-state index contributed by atoms with van der Waals surface area (Å²) in [5, 5.41) is 3.61. The highest BCUT2D eigenvalue weighted by molar-refractivity contribution is 6.12. The topological polar surface area (TPSA) is 43.6 Å². The minimum atomic E-state index is -0.107. The summed E-state index contributed by atoms with van der Waals surface area (Å²) >= 11 is 0. The molecule has 0 radical (unpaired) electrons. The summed E-state index contributed by atoms with van der Waals surface area (Å²) in [6, 6.07) is 39.3. The van der Waals surface area contributed by atoms with Gasteiger partial charge in [0.05, 0.1) is 16.6 Å². The predicted molar refractivity (Wildman–Crippen MR) is 180 cm³/mol. The second kappa shape index (κ2) is 9.19. The van der Waals surface area contributed by atoms with Gasteiger partial charge < -0.3 is 0 Å². The largest absolute Gasteiger partial charge is 0.294 e. The number of aromatic nitrogens is 4. The van der Waals surface area contributed by atoms with Crippen LogP contribution in [0.1, 0.15) is 25.0 Å². The summed E-state index contributed by atoms with van der Waals surface area (Å²) in [6.45, 7) is 4.65. The lowest BCUT2D eigenvalue weighted by Crippen LogP contribution is -2.23. The molecule has 0 amide bonds. The van der Waals surface area contributed by atoms with Crippen molar-refractivity contribution in [2.75, 3.05) is 0 Å². The molecule has 1 aliphatic carbocycles. The van der Waals surface area contributed by atoms with Crippen molar-refractivity contribution in [2.45, 2.75) is 19.3 Å². The molecule has 4 aromatic carbocycles. The zero-order valence-corrected chi connectivity index (χ0v) is 24.5. The van der Waals surface area contributed by atoms with Crippen molar-refractivity contribution in [3.63, 3.8) is 0 Å². The molecule has 208 valence electrons. The Balaban J connectivity index is 1.37. The van der Waals surface area contributed by atoms with Gasteiger partial charge in [-0.1, -0.05) is 74.5 Å². The molecule has 0 atom stereocenters. The van der Waals surface area contributed by atoms with Crippen LogP contribution in [-0.2, 0) is 5.41 Å². The molecule has 4 aromatic heterocycles. The molecule has 1 aliphatic rings. The normalized spacial score (nSPS) is 13.4. The molecule has 9 rings (SSSR count). The number of nitrogens with zero attached hydrogens (tertiary/aromatic N) is 4. The quantitative estimate of drug-likeness (QED) is 0.215. The van der Waals surface area contributed by atoms with Crippen LogP contribution in [-0.4, -0.2) is 19.5 Å². The molecule has 0 saturated carbocycles. The van der Waals surface area contributed by atoms with E-state index in [0.717, 1.165) is 44.6 Å². The smallest absolute Gasteiger partial charge is 0.138 e. The lowest BCUT2D eigenvalue weighted by Gasteiger charge is -2.35. The van der Waals surface area contributed by atoms with Crippen LogP contribution in [0, 0.1) is 0 Å². The summed E-state index contributed by atoms with van der Waals surface area (Å²) in [4.78, 5) is 14.1. The average molecular weight is 565 g/mol. The Kier molecular flexibility index (Phi) is 5.21. The van der Waals surface area contributed by atoms with Crippen molar-refractivity contribution < 1.29 is 0 Å². The maximum Gasteiger partial charge on any atom is 0.138 e. The van der Waals surface area contributed by atoms with Crippen molar-refractivity contribution in [2.24, 2.45) is 0 Å². The average Bonchev–Trinajstić information content (AvgIpc) is 3.41. The first-order chi connectivity index (χ1) is 21.6. The fourth-order valence-electron chi connectivity index (χ4n) is 7.23.